The van der Waals surface area contributed by atoms with Crippen LogP contribution < -0.4 is 5.32 Å². The fourth-order valence-electron chi connectivity index (χ4n) is 2.69. The molecule has 12 heteroatoms. The van der Waals surface area contributed by atoms with Crippen molar-refractivity contribution in [3.63, 3.8) is 0 Å². The molecule has 2 aromatic carbocycles. The summed E-state index contributed by atoms with van der Waals surface area (Å²) in [6, 6.07) is 9.10. The predicted octanol–water partition coefficient (Wildman–Crippen LogP) is 3.97. The lowest BCUT2D eigenvalue weighted by Crippen LogP contribution is -2.60. The van der Waals surface area contributed by atoms with E-state index in [0.29, 0.717) is 0 Å². The van der Waals surface area contributed by atoms with Crippen molar-refractivity contribution in [2.75, 3.05) is 19.1 Å². The van der Waals surface area contributed by atoms with E-state index in [1.54, 1.807) is 0 Å². The first-order valence-corrected chi connectivity index (χ1v) is 10.8. The molecule has 0 radical (unpaired) electrons. The fraction of sp³-hybridized carbons (Fsp3) is 0.273. The van der Waals surface area contributed by atoms with E-state index in [1.165, 1.54) is 50.2 Å². The smallest absolute Gasteiger partial charge is 0.369 e. The minimum atomic E-state index is -2.74. The molecule has 0 aliphatic heterocycles. The van der Waals surface area contributed by atoms with Crippen molar-refractivity contribution < 1.29 is 33.0 Å². The number of esters is 2. The van der Waals surface area contributed by atoms with Crippen LogP contribution in [0.1, 0.15) is 29.8 Å². The topological polar surface area (TPSA) is 123 Å². The van der Waals surface area contributed by atoms with Crippen molar-refractivity contribution in [3.8, 4) is 0 Å². The summed E-state index contributed by atoms with van der Waals surface area (Å²) in [5, 5.41) is 9.79. The number of carbonyl (C=O) groups is 4. The van der Waals surface area contributed by atoms with E-state index in [2.05, 4.69) is 15.5 Å². The number of amides is 1. The zero-order valence-electron chi connectivity index (χ0n) is 18.1. The number of halogens is 3. The van der Waals surface area contributed by atoms with E-state index in [9.17, 15) is 23.6 Å². The van der Waals surface area contributed by atoms with Gasteiger partial charge in [0, 0.05) is 5.02 Å². The minimum Gasteiger partial charge on any atom is -0.462 e. The monoisotopic (exact) mass is 511 g/mol. The van der Waals surface area contributed by atoms with Crippen LogP contribution >= 0.6 is 23.2 Å². The zero-order chi connectivity index (χ0) is 25.3. The van der Waals surface area contributed by atoms with Crippen LogP contribution in [0, 0.1) is 5.82 Å². The van der Waals surface area contributed by atoms with Gasteiger partial charge in [-0.05, 0) is 44.2 Å². The van der Waals surface area contributed by atoms with Crippen molar-refractivity contribution >= 4 is 52.5 Å². The van der Waals surface area contributed by atoms with Gasteiger partial charge in [0.25, 0.3) is 0 Å². The number of ketones is 1. The average Bonchev–Trinajstić information content (AvgIpc) is 2.82. The standard InChI is InChI=1S/C22H20Cl2FN3O6/c1-3-33-20(31)22(21(32)34-4-2,26-18(29)12-23)28-27-17-10-9-13(24)11-15(17)19(30)14-7-5-6-8-16(14)25/h5-11H,3-4,12H2,1-2H3,(H,26,29)/b28-27+. The van der Waals surface area contributed by atoms with Crippen molar-refractivity contribution in [2.45, 2.75) is 19.5 Å². The van der Waals surface area contributed by atoms with Gasteiger partial charge in [-0.2, -0.15) is 5.11 Å². The Kier molecular flexibility index (Phi) is 9.64. The molecule has 9 nitrogen and oxygen atoms in total. The lowest BCUT2D eigenvalue weighted by molar-refractivity contribution is -0.167. The van der Waals surface area contributed by atoms with Crippen molar-refractivity contribution in [1.29, 1.82) is 0 Å². The Labute approximate surface area is 204 Å². The second-order valence-corrected chi connectivity index (χ2v) is 7.21. The van der Waals surface area contributed by atoms with Gasteiger partial charge in [0.1, 0.15) is 11.7 Å². The highest BCUT2D eigenvalue weighted by Gasteiger charge is 2.52. The molecule has 0 unspecified atom stereocenters. The van der Waals surface area contributed by atoms with Crippen LogP contribution in [0.5, 0.6) is 0 Å². The van der Waals surface area contributed by atoms with E-state index in [4.69, 9.17) is 32.7 Å². The van der Waals surface area contributed by atoms with Crippen molar-refractivity contribution in [2.24, 2.45) is 10.2 Å². The quantitative estimate of drug-likeness (QED) is 0.169. The number of azo groups is 1. The molecular formula is C22H20Cl2FN3O6. The van der Waals surface area contributed by atoms with Gasteiger partial charge in [0.15, 0.2) is 5.78 Å². The average molecular weight is 512 g/mol. The number of benzene rings is 2. The first kappa shape index (κ1) is 26.9. The van der Waals surface area contributed by atoms with Crippen LogP contribution in [-0.2, 0) is 23.9 Å². The van der Waals surface area contributed by atoms with Crippen LogP contribution in [0.3, 0.4) is 0 Å². The van der Waals surface area contributed by atoms with E-state index >= 15 is 0 Å². The fourth-order valence-corrected chi connectivity index (χ4v) is 2.93. The molecule has 2 aromatic rings. The molecule has 0 heterocycles. The summed E-state index contributed by atoms with van der Waals surface area (Å²) in [7, 11) is 0. The third-order valence-electron chi connectivity index (χ3n) is 4.21. The second-order valence-electron chi connectivity index (χ2n) is 6.50. The predicted molar refractivity (Wildman–Crippen MR) is 121 cm³/mol. The van der Waals surface area contributed by atoms with E-state index < -0.39 is 41.0 Å². The highest BCUT2D eigenvalue weighted by atomic mass is 35.5. The maximum atomic E-state index is 14.2. The Bertz CT molecular complexity index is 1110. The molecule has 0 aliphatic rings. The SMILES string of the molecule is CCOC(=O)C(/N=N/c1ccc(Cl)cc1C(=O)c1ccccc1F)(NC(=O)CCl)C(=O)OCC. The Morgan fingerprint density at radius 3 is 2.18 bits per heavy atom. The van der Waals surface area contributed by atoms with Crippen molar-refractivity contribution in [3.05, 3.63) is 64.4 Å². The molecule has 0 atom stereocenters. The zero-order valence-corrected chi connectivity index (χ0v) is 19.7. The molecule has 0 aromatic heterocycles. The molecular weight excluding hydrogens is 492 g/mol. The summed E-state index contributed by atoms with van der Waals surface area (Å²) in [6.07, 6.45) is 0. The number of rotatable bonds is 10. The lowest BCUT2D eigenvalue weighted by atomic mass is 10.0. The van der Waals surface area contributed by atoms with Crippen LogP contribution in [0.2, 0.25) is 5.02 Å². The molecule has 34 heavy (non-hydrogen) atoms. The summed E-state index contributed by atoms with van der Waals surface area (Å²) < 4.78 is 24.0. The van der Waals surface area contributed by atoms with Gasteiger partial charge in [0.05, 0.1) is 30.0 Å². The van der Waals surface area contributed by atoms with E-state index in [0.717, 1.165) is 6.07 Å². The van der Waals surface area contributed by atoms with Crippen LogP contribution in [-0.4, -0.2) is 48.4 Å². The second kappa shape index (κ2) is 12.2. The van der Waals surface area contributed by atoms with Crippen LogP contribution in [0.4, 0.5) is 10.1 Å². The number of hydrogen-bond acceptors (Lipinski definition) is 8. The first-order valence-electron chi connectivity index (χ1n) is 9.93. The number of nitrogens with zero attached hydrogens (tertiary/aromatic N) is 2. The van der Waals surface area contributed by atoms with Crippen LogP contribution in [0.15, 0.2) is 52.7 Å². The molecule has 0 aliphatic carbocycles. The van der Waals surface area contributed by atoms with Gasteiger partial charge in [-0.1, -0.05) is 23.7 Å². The molecule has 0 bridgehead atoms. The largest absolute Gasteiger partial charge is 0.462 e. The maximum absolute atomic E-state index is 14.2. The maximum Gasteiger partial charge on any atom is 0.369 e. The molecule has 0 fully saturated rings. The molecule has 0 saturated carbocycles. The summed E-state index contributed by atoms with van der Waals surface area (Å²) in [5.74, 6) is -5.69. The highest BCUT2D eigenvalue weighted by molar-refractivity contribution is 6.31. The van der Waals surface area contributed by atoms with Gasteiger partial charge in [0.2, 0.25) is 5.91 Å². The summed E-state index contributed by atoms with van der Waals surface area (Å²) in [4.78, 5) is 50.5. The Morgan fingerprint density at radius 1 is 1.00 bits per heavy atom. The third-order valence-corrected chi connectivity index (χ3v) is 4.69. The number of ether oxygens (including phenoxy) is 2. The molecule has 1 N–H and O–H groups in total. The van der Waals surface area contributed by atoms with Gasteiger partial charge >= 0.3 is 17.6 Å². The number of hydrogen-bond donors (Lipinski definition) is 1. The molecule has 0 saturated heterocycles. The van der Waals surface area contributed by atoms with E-state index in [1.807, 2.05) is 0 Å². The number of alkyl halides is 1. The Balaban J connectivity index is 2.65. The summed E-state index contributed by atoms with van der Waals surface area (Å²) in [6.45, 7) is 2.62. The van der Waals surface area contributed by atoms with Crippen molar-refractivity contribution in [1.82, 2.24) is 5.32 Å². The summed E-state index contributed by atoms with van der Waals surface area (Å²) >= 11 is 11.5. The Hall–Kier alpha value is -3.37. The van der Waals surface area contributed by atoms with Gasteiger partial charge < -0.3 is 14.8 Å². The Morgan fingerprint density at radius 2 is 1.62 bits per heavy atom. The summed E-state index contributed by atoms with van der Waals surface area (Å²) in [5.41, 5.74) is -3.35. The normalized spacial score (nSPS) is 11.2. The molecule has 180 valence electrons. The number of carbonyl (C=O) groups excluding carboxylic acids is 4. The molecule has 0 spiro atoms. The minimum absolute atomic E-state index is 0.135. The van der Waals surface area contributed by atoms with Gasteiger partial charge in [-0.15, -0.1) is 16.7 Å². The lowest BCUT2D eigenvalue weighted by Gasteiger charge is -2.24. The van der Waals surface area contributed by atoms with Crippen LogP contribution in [0.25, 0.3) is 0 Å². The van der Waals surface area contributed by atoms with Gasteiger partial charge in [-0.25, -0.2) is 14.0 Å². The molecule has 1 amide bonds. The first-order chi connectivity index (χ1) is 16.2. The third kappa shape index (κ3) is 6.15. The highest BCUT2D eigenvalue weighted by Crippen LogP contribution is 2.28. The molecule has 2 rings (SSSR count). The van der Waals surface area contributed by atoms with E-state index in [-0.39, 0.29) is 35.1 Å². The van der Waals surface area contributed by atoms with Gasteiger partial charge in [-0.3, -0.25) is 9.59 Å². The number of nitrogens with one attached hydrogen (secondary N) is 1.